The topological polar surface area (TPSA) is 38.1 Å². The Balaban J connectivity index is 2.16. The molecule has 0 atom stereocenters. The smallest absolute Gasteiger partial charge is 0.196 e. The van der Waals surface area contributed by atoms with Crippen LogP contribution in [0, 0.1) is 0 Å². The van der Waals surface area contributed by atoms with Gasteiger partial charge in [0.05, 0.1) is 11.2 Å². The standard InChI is InChI=1S/C13H14Cl2N2O/c1-2-16-6-5-13-17-8-12(18-13)10-7-9(14)3-4-11(10)15/h3-4,7-8,16H,2,5-6H2,1H3. The van der Waals surface area contributed by atoms with Crippen LogP contribution in [0.25, 0.3) is 11.3 Å². The van der Waals surface area contributed by atoms with Gasteiger partial charge in [0.25, 0.3) is 0 Å². The molecule has 0 saturated heterocycles. The SMILES string of the molecule is CCNCCc1ncc(-c2cc(Cl)ccc2Cl)o1. The van der Waals surface area contributed by atoms with E-state index in [4.69, 9.17) is 27.6 Å². The maximum absolute atomic E-state index is 6.11. The molecule has 96 valence electrons. The summed E-state index contributed by atoms with van der Waals surface area (Å²) in [5, 5.41) is 4.45. The van der Waals surface area contributed by atoms with Gasteiger partial charge in [0.1, 0.15) is 0 Å². The number of aromatic nitrogens is 1. The van der Waals surface area contributed by atoms with Crippen molar-refractivity contribution in [1.82, 2.24) is 10.3 Å². The van der Waals surface area contributed by atoms with Crippen LogP contribution in [0.5, 0.6) is 0 Å². The number of likely N-dealkylation sites (N-methyl/N-ethyl adjacent to an activating group) is 1. The van der Waals surface area contributed by atoms with Crippen molar-refractivity contribution < 1.29 is 4.42 Å². The van der Waals surface area contributed by atoms with Crippen molar-refractivity contribution in [2.75, 3.05) is 13.1 Å². The molecule has 0 radical (unpaired) electrons. The van der Waals surface area contributed by atoms with Crippen LogP contribution >= 0.6 is 23.2 Å². The van der Waals surface area contributed by atoms with E-state index < -0.39 is 0 Å². The molecule has 1 N–H and O–H groups in total. The highest BCUT2D eigenvalue weighted by molar-refractivity contribution is 6.35. The second kappa shape index (κ2) is 6.23. The van der Waals surface area contributed by atoms with E-state index in [0.29, 0.717) is 21.7 Å². The van der Waals surface area contributed by atoms with E-state index in [1.807, 2.05) is 0 Å². The number of halogens is 2. The number of hydrogen-bond acceptors (Lipinski definition) is 3. The molecule has 0 aliphatic heterocycles. The van der Waals surface area contributed by atoms with E-state index in [1.54, 1.807) is 24.4 Å². The molecule has 0 aliphatic carbocycles. The molecule has 3 nitrogen and oxygen atoms in total. The number of benzene rings is 1. The first kappa shape index (κ1) is 13.4. The van der Waals surface area contributed by atoms with E-state index in [1.165, 1.54) is 0 Å². The molecule has 2 rings (SSSR count). The normalized spacial score (nSPS) is 10.8. The lowest BCUT2D eigenvalue weighted by Crippen LogP contribution is -2.16. The maximum atomic E-state index is 6.11. The molecule has 0 amide bonds. The molecule has 2 aromatic rings. The fraction of sp³-hybridized carbons (Fsp3) is 0.308. The van der Waals surface area contributed by atoms with Crippen LogP contribution in [-0.2, 0) is 6.42 Å². The molecule has 0 aliphatic rings. The summed E-state index contributed by atoms with van der Waals surface area (Å²) >= 11 is 12.1. The van der Waals surface area contributed by atoms with E-state index in [9.17, 15) is 0 Å². The largest absolute Gasteiger partial charge is 0.441 e. The zero-order valence-electron chi connectivity index (χ0n) is 10.0. The first-order chi connectivity index (χ1) is 8.70. The van der Waals surface area contributed by atoms with Crippen LogP contribution in [0.3, 0.4) is 0 Å². The van der Waals surface area contributed by atoms with Crippen molar-refractivity contribution in [3.05, 3.63) is 40.3 Å². The van der Waals surface area contributed by atoms with Crippen molar-refractivity contribution in [3.63, 3.8) is 0 Å². The molecule has 0 saturated carbocycles. The van der Waals surface area contributed by atoms with E-state index in [2.05, 4.69) is 17.2 Å². The van der Waals surface area contributed by atoms with Crippen molar-refractivity contribution in [1.29, 1.82) is 0 Å². The van der Waals surface area contributed by atoms with E-state index in [-0.39, 0.29) is 0 Å². The van der Waals surface area contributed by atoms with E-state index >= 15 is 0 Å². The monoisotopic (exact) mass is 284 g/mol. The minimum atomic E-state index is 0.605. The molecule has 18 heavy (non-hydrogen) atoms. The van der Waals surface area contributed by atoms with Crippen LogP contribution in [0.1, 0.15) is 12.8 Å². The van der Waals surface area contributed by atoms with Gasteiger partial charge in [-0.25, -0.2) is 4.98 Å². The molecule has 0 bridgehead atoms. The fourth-order valence-corrected chi connectivity index (χ4v) is 1.99. The third kappa shape index (κ3) is 3.25. The molecule has 5 heteroatoms. The molecule has 1 aromatic heterocycles. The molecule has 0 unspecified atom stereocenters. The number of oxazole rings is 1. The fourth-order valence-electron chi connectivity index (χ4n) is 1.61. The van der Waals surface area contributed by atoms with Crippen LogP contribution in [0.2, 0.25) is 10.0 Å². The van der Waals surface area contributed by atoms with Gasteiger partial charge in [0, 0.05) is 23.6 Å². The van der Waals surface area contributed by atoms with Crippen molar-refractivity contribution >= 4 is 23.2 Å². The predicted molar refractivity (Wildman–Crippen MR) is 74.2 cm³/mol. The third-order valence-electron chi connectivity index (χ3n) is 2.51. The molecule has 0 fully saturated rings. The summed E-state index contributed by atoms with van der Waals surface area (Å²) in [4.78, 5) is 4.23. The number of hydrogen-bond donors (Lipinski definition) is 1. The Kier molecular flexibility index (Phi) is 4.64. The highest BCUT2D eigenvalue weighted by Gasteiger charge is 2.10. The maximum Gasteiger partial charge on any atom is 0.196 e. The van der Waals surface area contributed by atoms with Gasteiger partial charge in [-0.15, -0.1) is 0 Å². The lowest BCUT2D eigenvalue weighted by molar-refractivity contribution is 0.497. The zero-order valence-corrected chi connectivity index (χ0v) is 11.6. The Labute approximate surface area is 116 Å². The van der Waals surface area contributed by atoms with Gasteiger partial charge in [-0.1, -0.05) is 30.1 Å². The van der Waals surface area contributed by atoms with Gasteiger partial charge in [-0.3, -0.25) is 0 Å². The highest BCUT2D eigenvalue weighted by Crippen LogP contribution is 2.30. The van der Waals surface area contributed by atoms with Crippen molar-refractivity contribution in [2.24, 2.45) is 0 Å². The summed E-state index contributed by atoms with van der Waals surface area (Å²) in [5.41, 5.74) is 0.770. The average Bonchev–Trinajstić information content (AvgIpc) is 2.81. The van der Waals surface area contributed by atoms with Gasteiger partial charge >= 0.3 is 0 Å². The summed E-state index contributed by atoms with van der Waals surface area (Å²) in [5.74, 6) is 1.34. The van der Waals surface area contributed by atoms with Crippen LogP contribution < -0.4 is 5.32 Å². The Hall–Kier alpha value is -1.03. The minimum absolute atomic E-state index is 0.605. The Morgan fingerprint density at radius 3 is 2.94 bits per heavy atom. The van der Waals surface area contributed by atoms with Crippen molar-refractivity contribution in [2.45, 2.75) is 13.3 Å². The Bertz CT molecular complexity index is 525. The summed E-state index contributed by atoms with van der Waals surface area (Å²) in [7, 11) is 0. The number of nitrogens with zero attached hydrogens (tertiary/aromatic N) is 1. The highest BCUT2D eigenvalue weighted by atomic mass is 35.5. The minimum Gasteiger partial charge on any atom is -0.441 e. The molecular formula is C13H14Cl2N2O. The van der Waals surface area contributed by atoms with Crippen molar-refractivity contribution in [3.8, 4) is 11.3 Å². The number of nitrogens with one attached hydrogen (secondary N) is 1. The van der Waals surface area contributed by atoms with Gasteiger partial charge in [0.2, 0.25) is 0 Å². The van der Waals surface area contributed by atoms with Gasteiger partial charge in [0.15, 0.2) is 11.7 Å². The lowest BCUT2D eigenvalue weighted by Gasteiger charge is -2.01. The quantitative estimate of drug-likeness (QED) is 0.849. The van der Waals surface area contributed by atoms with Crippen LogP contribution in [-0.4, -0.2) is 18.1 Å². The Morgan fingerprint density at radius 1 is 1.33 bits per heavy atom. The molecular weight excluding hydrogens is 271 g/mol. The first-order valence-corrected chi connectivity index (χ1v) is 6.57. The van der Waals surface area contributed by atoms with Crippen LogP contribution in [0.15, 0.2) is 28.8 Å². The number of rotatable bonds is 5. The summed E-state index contributed by atoms with van der Waals surface area (Å²) in [6.07, 6.45) is 2.44. The third-order valence-corrected chi connectivity index (χ3v) is 3.08. The first-order valence-electron chi connectivity index (χ1n) is 5.81. The average molecular weight is 285 g/mol. The molecule has 1 heterocycles. The molecule has 1 aromatic carbocycles. The summed E-state index contributed by atoms with van der Waals surface area (Å²) < 4.78 is 5.66. The van der Waals surface area contributed by atoms with E-state index in [0.717, 1.165) is 25.1 Å². The zero-order chi connectivity index (χ0) is 13.0. The van der Waals surface area contributed by atoms with Gasteiger partial charge in [-0.2, -0.15) is 0 Å². The lowest BCUT2D eigenvalue weighted by atomic mass is 10.2. The second-order valence-electron chi connectivity index (χ2n) is 3.85. The summed E-state index contributed by atoms with van der Waals surface area (Å²) in [6, 6.07) is 5.27. The predicted octanol–water partition coefficient (Wildman–Crippen LogP) is 3.80. The summed E-state index contributed by atoms with van der Waals surface area (Å²) in [6.45, 7) is 3.85. The Morgan fingerprint density at radius 2 is 2.17 bits per heavy atom. The van der Waals surface area contributed by atoms with Gasteiger partial charge < -0.3 is 9.73 Å². The molecule has 0 spiro atoms. The second-order valence-corrected chi connectivity index (χ2v) is 4.69. The van der Waals surface area contributed by atoms with Gasteiger partial charge in [-0.05, 0) is 24.7 Å². The van der Waals surface area contributed by atoms with Crippen LogP contribution in [0.4, 0.5) is 0 Å².